The number of primary sulfonamides is 1. The molecule has 1 aromatic carbocycles. The first-order valence-corrected chi connectivity index (χ1v) is 10.8. The molecule has 1 aromatic heterocycles. The van der Waals surface area contributed by atoms with E-state index in [1.54, 1.807) is 6.20 Å². The second-order valence-corrected chi connectivity index (χ2v) is 8.85. The maximum absolute atomic E-state index is 11.3. The Morgan fingerprint density at radius 3 is 2.43 bits per heavy atom. The summed E-state index contributed by atoms with van der Waals surface area (Å²) in [7, 11) is -3.78. The fourth-order valence-electron chi connectivity index (χ4n) is 2.65. The maximum atomic E-state index is 11.3. The van der Waals surface area contributed by atoms with Gasteiger partial charge in [0.25, 0.3) is 0 Å². The van der Waals surface area contributed by atoms with E-state index in [1.807, 2.05) is 0 Å². The molecular formula is C15H20N4O7S2. The summed E-state index contributed by atoms with van der Waals surface area (Å²) in [4.78, 5) is -0.0187. The van der Waals surface area contributed by atoms with Crippen molar-refractivity contribution in [2.45, 2.75) is 40.5 Å². The molecule has 3 rings (SSSR count). The van der Waals surface area contributed by atoms with Gasteiger partial charge in [-0.15, -0.1) is 16.9 Å². The highest BCUT2D eigenvalue weighted by atomic mass is 32.2. The van der Waals surface area contributed by atoms with Crippen LogP contribution in [-0.2, 0) is 20.5 Å². The zero-order valence-corrected chi connectivity index (χ0v) is 16.1. The predicted octanol–water partition coefficient (Wildman–Crippen LogP) is -2.05. The van der Waals surface area contributed by atoms with Gasteiger partial charge in [-0.1, -0.05) is 5.21 Å². The van der Waals surface area contributed by atoms with Gasteiger partial charge in [-0.05, 0) is 24.3 Å². The van der Waals surface area contributed by atoms with E-state index in [4.69, 9.17) is 9.88 Å². The van der Waals surface area contributed by atoms with Crippen molar-refractivity contribution in [1.82, 2.24) is 15.0 Å². The Kier molecular flexibility index (Phi) is 6.36. The van der Waals surface area contributed by atoms with Crippen LogP contribution < -0.4 is 5.14 Å². The number of hydrogen-bond donors (Lipinski definition) is 5. The van der Waals surface area contributed by atoms with Crippen molar-refractivity contribution in [3.63, 3.8) is 0 Å². The number of benzene rings is 1. The van der Waals surface area contributed by atoms with Crippen molar-refractivity contribution in [2.75, 3.05) is 6.61 Å². The Labute approximate surface area is 164 Å². The van der Waals surface area contributed by atoms with Crippen molar-refractivity contribution in [2.24, 2.45) is 5.14 Å². The zero-order chi connectivity index (χ0) is 20.5. The first kappa shape index (κ1) is 21.1. The van der Waals surface area contributed by atoms with E-state index in [2.05, 4.69) is 10.3 Å². The van der Waals surface area contributed by atoms with Crippen LogP contribution in [0.5, 0.6) is 0 Å². The third-order valence-corrected chi connectivity index (χ3v) is 6.32. The number of thioether (sulfide) groups is 1. The van der Waals surface area contributed by atoms with Crippen LogP contribution >= 0.6 is 11.8 Å². The average molecular weight is 432 g/mol. The fourth-order valence-corrected chi connectivity index (χ4v) is 4.21. The number of rotatable bonds is 6. The Morgan fingerprint density at radius 2 is 1.82 bits per heavy atom. The van der Waals surface area contributed by atoms with Crippen LogP contribution in [0.15, 0.2) is 35.4 Å². The number of hydrogen-bond acceptors (Lipinski definition) is 10. The topological polar surface area (TPSA) is 181 Å². The number of sulfonamides is 1. The molecule has 154 valence electrons. The third kappa shape index (κ3) is 4.52. The summed E-state index contributed by atoms with van der Waals surface area (Å²) in [6.45, 7) is -0.493. The summed E-state index contributed by atoms with van der Waals surface area (Å²) in [6.07, 6.45) is -3.52. The van der Waals surface area contributed by atoms with Crippen molar-refractivity contribution >= 4 is 21.8 Å². The van der Waals surface area contributed by atoms with Crippen LogP contribution in [-0.4, -0.2) is 80.3 Å². The molecule has 5 atom stereocenters. The second-order valence-electron chi connectivity index (χ2n) is 6.20. The van der Waals surface area contributed by atoms with E-state index in [9.17, 15) is 28.8 Å². The number of nitrogens with two attached hydrogens (primary N) is 1. The Balaban J connectivity index is 1.65. The van der Waals surface area contributed by atoms with Crippen molar-refractivity contribution in [3.8, 4) is 5.69 Å². The summed E-state index contributed by atoms with van der Waals surface area (Å²) in [5, 5.41) is 51.9. The molecule has 2 aromatic rings. The first-order valence-electron chi connectivity index (χ1n) is 8.17. The standard InChI is InChI=1S/C15H20N4O7S2/c16-28(24,25)10-3-1-9(2-4-10)19-5-8(17-18-19)7-27-15-14(23)13(22)12(21)11(6-20)26-15/h1-5,11-15,20-23H,6-7H2,(H2,16,24,25)/t11-,12+,13+,14-,15?/m0/s1. The number of aliphatic hydroxyl groups excluding tert-OH is 4. The molecule has 1 aliphatic heterocycles. The summed E-state index contributed by atoms with van der Waals surface area (Å²) < 4.78 is 29.4. The SMILES string of the molecule is NS(=O)(=O)c1ccc(-n2cc(CSC3O[C@@H](CO)[C@@H](O)[C@@H](O)[C@@H]3O)nn2)cc1. The Morgan fingerprint density at radius 1 is 1.14 bits per heavy atom. The molecule has 6 N–H and O–H groups in total. The van der Waals surface area contributed by atoms with Crippen LogP contribution in [0.4, 0.5) is 0 Å². The fraction of sp³-hybridized carbons (Fsp3) is 0.467. The molecule has 0 amide bonds. The van der Waals surface area contributed by atoms with E-state index >= 15 is 0 Å². The van der Waals surface area contributed by atoms with Gasteiger partial charge in [-0.3, -0.25) is 0 Å². The molecule has 1 unspecified atom stereocenters. The first-order chi connectivity index (χ1) is 13.2. The summed E-state index contributed by atoms with van der Waals surface area (Å²) in [5.74, 6) is 0.276. The van der Waals surface area contributed by atoms with Gasteiger partial charge in [0.1, 0.15) is 29.9 Å². The quantitative estimate of drug-likeness (QED) is 0.341. The van der Waals surface area contributed by atoms with Gasteiger partial charge in [0.15, 0.2) is 0 Å². The zero-order valence-electron chi connectivity index (χ0n) is 14.4. The summed E-state index contributed by atoms with van der Waals surface area (Å²) in [5.41, 5.74) is 0.246. The molecule has 0 saturated carbocycles. The minimum Gasteiger partial charge on any atom is -0.394 e. The summed E-state index contributed by atoms with van der Waals surface area (Å²) >= 11 is 1.13. The molecule has 1 aliphatic rings. The van der Waals surface area contributed by atoms with Crippen molar-refractivity contribution < 1.29 is 33.6 Å². The lowest BCUT2D eigenvalue weighted by atomic mass is 10.0. The molecule has 28 heavy (non-hydrogen) atoms. The predicted molar refractivity (Wildman–Crippen MR) is 97.8 cm³/mol. The Hall–Kier alpha value is -1.58. The number of aliphatic hydroxyl groups is 4. The normalized spacial score (nSPS) is 28.4. The van der Waals surface area contributed by atoms with Gasteiger partial charge in [-0.2, -0.15) is 0 Å². The second kappa shape index (κ2) is 8.42. The lowest BCUT2D eigenvalue weighted by Crippen LogP contribution is -2.57. The minimum atomic E-state index is -3.78. The smallest absolute Gasteiger partial charge is 0.238 e. The number of ether oxygens (including phenoxy) is 1. The molecule has 2 heterocycles. The number of aromatic nitrogens is 3. The van der Waals surface area contributed by atoms with E-state index < -0.39 is 46.5 Å². The number of nitrogens with zero attached hydrogens (tertiary/aromatic N) is 3. The van der Waals surface area contributed by atoms with Crippen LogP contribution in [0, 0.1) is 0 Å². The van der Waals surface area contributed by atoms with Gasteiger partial charge >= 0.3 is 0 Å². The van der Waals surface area contributed by atoms with Crippen LogP contribution in [0.25, 0.3) is 5.69 Å². The molecule has 0 spiro atoms. The maximum Gasteiger partial charge on any atom is 0.238 e. The Bertz CT molecular complexity index is 903. The van der Waals surface area contributed by atoms with E-state index in [1.165, 1.54) is 28.9 Å². The molecule has 1 fully saturated rings. The minimum absolute atomic E-state index is 0.0187. The molecule has 0 radical (unpaired) electrons. The highest BCUT2D eigenvalue weighted by Crippen LogP contribution is 2.30. The average Bonchev–Trinajstić information content (AvgIpc) is 3.14. The van der Waals surface area contributed by atoms with E-state index in [0.29, 0.717) is 11.4 Å². The highest BCUT2D eigenvalue weighted by molar-refractivity contribution is 7.99. The van der Waals surface area contributed by atoms with Gasteiger partial charge < -0.3 is 25.2 Å². The van der Waals surface area contributed by atoms with Crippen LogP contribution in [0.1, 0.15) is 5.69 Å². The van der Waals surface area contributed by atoms with Crippen LogP contribution in [0.3, 0.4) is 0 Å². The molecule has 0 aliphatic carbocycles. The van der Waals surface area contributed by atoms with Crippen molar-refractivity contribution in [1.29, 1.82) is 0 Å². The molecular weight excluding hydrogens is 412 g/mol. The van der Waals surface area contributed by atoms with E-state index in [0.717, 1.165) is 11.8 Å². The van der Waals surface area contributed by atoms with Gasteiger partial charge in [0.2, 0.25) is 10.0 Å². The lowest BCUT2D eigenvalue weighted by Gasteiger charge is -2.39. The molecule has 11 nitrogen and oxygen atoms in total. The molecule has 0 bridgehead atoms. The third-order valence-electron chi connectivity index (χ3n) is 4.21. The monoisotopic (exact) mass is 432 g/mol. The largest absolute Gasteiger partial charge is 0.394 e. The van der Waals surface area contributed by atoms with E-state index in [-0.39, 0.29) is 10.6 Å². The van der Waals surface area contributed by atoms with Gasteiger partial charge in [-0.25, -0.2) is 18.2 Å². The molecule has 13 heteroatoms. The lowest BCUT2D eigenvalue weighted by molar-refractivity contribution is -0.205. The van der Waals surface area contributed by atoms with Crippen molar-refractivity contribution in [3.05, 3.63) is 36.2 Å². The summed E-state index contributed by atoms with van der Waals surface area (Å²) in [6, 6.07) is 5.77. The van der Waals surface area contributed by atoms with Gasteiger partial charge in [0.05, 0.1) is 29.1 Å². The molecule has 1 saturated heterocycles. The highest BCUT2D eigenvalue weighted by Gasteiger charge is 2.43. The van der Waals surface area contributed by atoms with Gasteiger partial charge in [0, 0.05) is 5.75 Å². The van der Waals surface area contributed by atoms with Crippen LogP contribution in [0.2, 0.25) is 0 Å².